The minimum absolute atomic E-state index is 0.710. The molecular weight excluding hydrogens is 362 g/mol. The zero-order valence-corrected chi connectivity index (χ0v) is 16.2. The van der Waals surface area contributed by atoms with Crippen LogP contribution >= 0.6 is 35.2 Å². The predicted octanol–water partition coefficient (Wildman–Crippen LogP) is 3.40. The Kier molecular flexibility index (Phi) is 5.89. The zero-order valence-electron chi connectivity index (χ0n) is 13.8. The Bertz CT molecular complexity index is 755. The molecule has 2 aromatic heterocycles. The first-order valence-corrected chi connectivity index (χ1v) is 9.61. The number of piperazine rings is 1. The number of hydrogen-bond donors (Lipinski definition) is 0. The van der Waals surface area contributed by atoms with Crippen LogP contribution in [-0.2, 0) is 19.8 Å². The SMILES string of the molecule is C=CCn1c(C)nn(CN2CCN(Cc3ccc(Cl)s3)CC2)c1=S. The van der Waals surface area contributed by atoms with Crippen molar-refractivity contribution < 1.29 is 0 Å². The molecule has 2 aromatic rings. The number of aryl methyl sites for hydroxylation is 1. The van der Waals surface area contributed by atoms with Crippen molar-refractivity contribution >= 4 is 35.2 Å². The molecule has 0 spiro atoms. The van der Waals surface area contributed by atoms with Gasteiger partial charge >= 0.3 is 0 Å². The molecule has 0 bridgehead atoms. The Morgan fingerprint density at radius 3 is 2.62 bits per heavy atom. The quantitative estimate of drug-likeness (QED) is 0.564. The molecule has 3 heterocycles. The Morgan fingerprint density at radius 1 is 1.29 bits per heavy atom. The average Bonchev–Trinajstić information content (AvgIpc) is 3.08. The lowest BCUT2D eigenvalue weighted by molar-refractivity contribution is 0.0986. The summed E-state index contributed by atoms with van der Waals surface area (Å²) in [6.45, 7) is 12.4. The van der Waals surface area contributed by atoms with Crippen LogP contribution in [0.5, 0.6) is 0 Å². The summed E-state index contributed by atoms with van der Waals surface area (Å²) in [5.41, 5.74) is 0. The lowest BCUT2D eigenvalue weighted by Gasteiger charge is -2.34. The zero-order chi connectivity index (χ0) is 17.1. The van der Waals surface area contributed by atoms with Gasteiger partial charge in [-0.1, -0.05) is 17.7 Å². The molecule has 1 saturated heterocycles. The molecule has 8 heteroatoms. The highest BCUT2D eigenvalue weighted by atomic mass is 35.5. The van der Waals surface area contributed by atoms with Gasteiger partial charge in [0.05, 0.1) is 11.0 Å². The third-order valence-electron chi connectivity index (χ3n) is 4.23. The molecule has 0 unspecified atom stereocenters. The smallest absolute Gasteiger partial charge is 0.199 e. The summed E-state index contributed by atoms with van der Waals surface area (Å²) in [6.07, 6.45) is 1.85. The fourth-order valence-corrected chi connectivity index (χ4v) is 4.35. The van der Waals surface area contributed by atoms with Gasteiger partial charge in [-0.2, -0.15) is 5.10 Å². The van der Waals surface area contributed by atoms with Gasteiger partial charge in [0.2, 0.25) is 0 Å². The lowest BCUT2D eigenvalue weighted by atomic mass is 10.3. The Morgan fingerprint density at radius 2 is 2.00 bits per heavy atom. The number of nitrogens with zero attached hydrogens (tertiary/aromatic N) is 5. The number of halogens is 1. The van der Waals surface area contributed by atoms with E-state index in [0.29, 0.717) is 6.54 Å². The van der Waals surface area contributed by atoms with E-state index in [-0.39, 0.29) is 0 Å². The fourth-order valence-electron chi connectivity index (χ4n) is 2.92. The summed E-state index contributed by atoms with van der Waals surface area (Å²) >= 11 is 13.2. The second-order valence-corrected chi connectivity index (χ2v) is 8.13. The third kappa shape index (κ3) is 4.15. The van der Waals surface area contributed by atoms with Crippen molar-refractivity contribution in [1.82, 2.24) is 24.1 Å². The first-order valence-electron chi connectivity index (χ1n) is 8.01. The Hall–Kier alpha value is -0.990. The molecule has 130 valence electrons. The maximum atomic E-state index is 6.01. The number of hydrogen-bond acceptors (Lipinski definition) is 5. The topological polar surface area (TPSA) is 29.2 Å². The standard InChI is InChI=1S/C16H22ClN5S2/c1-3-6-21-13(2)18-22(16(21)23)12-20-9-7-19(8-10-20)11-14-4-5-15(17)24-14/h3-5H,1,6-12H2,2H3. The van der Waals surface area contributed by atoms with Gasteiger partial charge in [-0.15, -0.1) is 17.9 Å². The first-order chi connectivity index (χ1) is 11.6. The highest BCUT2D eigenvalue weighted by Crippen LogP contribution is 2.23. The minimum Gasteiger partial charge on any atom is -0.300 e. The molecule has 0 N–H and O–H groups in total. The van der Waals surface area contributed by atoms with E-state index in [1.54, 1.807) is 11.3 Å². The van der Waals surface area contributed by atoms with E-state index in [4.69, 9.17) is 23.8 Å². The number of thiophene rings is 1. The van der Waals surface area contributed by atoms with Crippen LogP contribution in [0, 0.1) is 11.7 Å². The summed E-state index contributed by atoms with van der Waals surface area (Å²) in [7, 11) is 0. The molecule has 0 atom stereocenters. The number of allylic oxidation sites excluding steroid dienone is 1. The molecule has 5 nitrogen and oxygen atoms in total. The van der Waals surface area contributed by atoms with Crippen molar-refractivity contribution in [3.63, 3.8) is 0 Å². The highest BCUT2D eigenvalue weighted by Gasteiger charge is 2.19. The van der Waals surface area contributed by atoms with Crippen LogP contribution in [0.25, 0.3) is 0 Å². The fraction of sp³-hybridized carbons (Fsp3) is 0.500. The third-order valence-corrected chi connectivity index (χ3v) is 5.87. The molecular formula is C16H22ClN5S2. The van der Waals surface area contributed by atoms with E-state index in [2.05, 4.69) is 27.5 Å². The molecule has 1 fully saturated rings. The first kappa shape index (κ1) is 17.8. The molecule has 3 rings (SSSR count). The van der Waals surface area contributed by atoms with Crippen molar-refractivity contribution in [1.29, 1.82) is 0 Å². The van der Waals surface area contributed by atoms with E-state index >= 15 is 0 Å². The maximum absolute atomic E-state index is 6.01. The van der Waals surface area contributed by atoms with Gasteiger partial charge in [0, 0.05) is 44.1 Å². The van der Waals surface area contributed by atoms with E-state index in [9.17, 15) is 0 Å². The molecule has 24 heavy (non-hydrogen) atoms. The van der Waals surface area contributed by atoms with Crippen LogP contribution in [0.2, 0.25) is 4.34 Å². The predicted molar refractivity (Wildman–Crippen MR) is 102 cm³/mol. The second kappa shape index (κ2) is 7.93. The lowest BCUT2D eigenvalue weighted by Crippen LogP contribution is -2.46. The van der Waals surface area contributed by atoms with Crippen LogP contribution in [0.3, 0.4) is 0 Å². The summed E-state index contributed by atoms with van der Waals surface area (Å²) in [5.74, 6) is 0.938. The van der Waals surface area contributed by atoms with Crippen LogP contribution < -0.4 is 0 Å². The second-order valence-electron chi connectivity index (χ2n) is 5.97. The van der Waals surface area contributed by atoms with Crippen LogP contribution in [0.1, 0.15) is 10.7 Å². The van der Waals surface area contributed by atoms with Gasteiger partial charge in [-0.05, 0) is 31.3 Å². The monoisotopic (exact) mass is 383 g/mol. The van der Waals surface area contributed by atoms with Gasteiger partial charge in [-0.25, -0.2) is 4.68 Å². The summed E-state index contributed by atoms with van der Waals surface area (Å²) < 4.78 is 5.56. The van der Waals surface area contributed by atoms with Gasteiger partial charge < -0.3 is 4.57 Å². The number of aromatic nitrogens is 3. The van der Waals surface area contributed by atoms with Gasteiger partial charge in [0.1, 0.15) is 5.82 Å². The van der Waals surface area contributed by atoms with Crippen LogP contribution in [-0.4, -0.2) is 50.3 Å². The van der Waals surface area contributed by atoms with Gasteiger partial charge in [-0.3, -0.25) is 9.80 Å². The van der Waals surface area contributed by atoms with Gasteiger partial charge in [0.25, 0.3) is 0 Å². The minimum atomic E-state index is 0.710. The van der Waals surface area contributed by atoms with Crippen molar-refractivity contribution in [3.8, 4) is 0 Å². The molecule has 0 saturated carbocycles. The maximum Gasteiger partial charge on any atom is 0.199 e. The molecule has 0 aliphatic carbocycles. The normalized spacial score (nSPS) is 16.6. The molecule has 1 aliphatic rings. The molecule has 1 aliphatic heterocycles. The Labute approximate surface area is 156 Å². The van der Waals surface area contributed by atoms with Crippen LogP contribution in [0.15, 0.2) is 24.8 Å². The number of rotatable bonds is 6. The molecule has 0 amide bonds. The summed E-state index contributed by atoms with van der Waals surface area (Å²) in [5, 5.41) is 4.57. The van der Waals surface area contributed by atoms with Crippen molar-refractivity contribution in [3.05, 3.63) is 44.6 Å². The highest BCUT2D eigenvalue weighted by molar-refractivity contribution is 7.71. The van der Waals surface area contributed by atoms with Crippen molar-refractivity contribution in [2.24, 2.45) is 0 Å². The average molecular weight is 384 g/mol. The van der Waals surface area contributed by atoms with E-state index in [0.717, 1.165) is 54.3 Å². The molecule has 0 radical (unpaired) electrons. The van der Waals surface area contributed by atoms with Gasteiger partial charge in [0.15, 0.2) is 4.77 Å². The van der Waals surface area contributed by atoms with E-state index < -0.39 is 0 Å². The van der Waals surface area contributed by atoms with Crippen LogP contribution in [0.4, 0.5) is 0 Å². The van der Waals surface area contributed by atoms with Crippen molar-refractivity contribution in [2.75, 3.05) is 26.2 Å². The summed E-state index contributed by atoms with van der Waals surface area (Å²) in [6, 6.07) is 4.09. The molecule has 0 aromatic carbocycles. The van der Waals surface area contributed by atoms with Crippen molar-refractivity contribution in [2.45, 2.75) is 26.7 Å². The Balaban J connectivity index is 1.55. The largest absolute Gasteiger partial charge is 0.300 e. The summed E-state index contributed by atoms with van der Waals surface area (Å²) in [4.78, 5) is 6.20. The van der Waals surface area contributed by atoms with E-state index in [1.165, 1.54) is 4.88 Å². The van der Waals surface area contributed by atoms with E-state index in [1.807, 2.05) is 28.3 Å².